The number of alkyl halides is 3. The molecule has 0 bridgehead atoms. The van der Waals surface area contributed by atoms with Gasteiger partial charge in [-0.25, -0.2) is 0 Å². The molecule has 1 fully saturated rings. The fraction of sp³-hybridized carbons (Fsp3) is 0.529. The van der Waals surface area contributed by atoms with E-state index in [9.17, 15) is 18.0 Å². The molecule has 1 amide bonds. The zero-order valence-electron chi connectivity index (χ0n) is 13.5. The second-order valence-corrected chi connectivity index (χ2v) is 7.69. The molecule has 0 saturated heterocycles. The van der Waals surface area contributed by atoms with E-state index in [4.69, 9.17) is 0 Å². The molecule has 0 aliphatic heterocycles. The van der Waals surface area contributed by atoms with Gasteiger partial charge in [0.1, 0.15) is 6.54 Å². The number of amides is 1. The molecule has 25 heavy (non-hydrogen) atoms. The van der Waals surface area contributed by atoms with Gasteiger partial charge >= 0.3 is 6.18 Å². The first kappa shape index (κ1) is 16.6. The minimum atomic E-state index is -4.47. The Kier molecular flexibility index (Phi) is 3.90. The minimum Gasteiger partial charge on any atom is -0.344 e. The summed E-state index contributed by atoms with van der Waals surface area (Å²) < 4.78 is 40.9. The molecule has 0 aromatic carbocycles. The average molecular weight is 369 g/mol. The molecule has 2 aromatic rings. The van der Waals surface area contributed by atoms with E-state index in [1.165, 1.54) is 4.68 Å². The molecule has 2 aromatic heterocycles. The van der Waals surface area contributed by atoms with Crippen molar-refractivity contribution in [2.24, 2.45) is 0 Å². The number of fused-ring (bicyclic) bond motifs is 1. The number of rotatable bonds is 4. The molecule has 2 aliphatic rings. The Balaban J connectivity index is 1.55. The van der Waals surface area contributed by atoms with Crippen LogP contribution in [0.3, 0.4) is 0 Å². The maximum absolute atomic E-state index is 13.2. The van der Waals surface area contributed by atoms with Crippen molar-refractivity contribution in [1.29, 1.82) is 0 Å². The van der Waals surface area contributed by atoms with Crippen molar-refractivity contribution in [3.63, 3.8) is 0 Å². The highest BCUT2D eigenvalue weighted by atomic mass is 32.1. The van der Waals surface area contributed by atoms with E-state index in [0.29, 0.717) is 18.5 Å². The lowest BCUT2D eigenvalue weighted by molar-refractivity contribution is -0.142. The Morgan fingerprint density at radius 1 is 1.32 bits per heavy atom. The van der Waals surface area contributed by atoms with Crippen LogP contribution in [-0.4, -0.2) is 15.7 Å². The van der Waals surface area contributed by atoms with E-state index in [1.54, 1.807) is 11.3 Å². The molecule has 8 heteroatoms. The standard InChI is InChI=1S/C17H18F3N3OS/c18-17(19,20)15-11-4-1-2-5-12(11)23(22-15)10-14(24)21-16(7-8-16)13-6-3-9-25-13/h3,6,9H,1-2,4-5,7-8,10H2,(H,21,24). The number of hydrogen-bond donors (Lipinski definition) is 1. The Hall–Kier alpha value is -1.83. The maximum Gasteiger partial charge on any atom is 0.435 e. The molecule has 4 rings (SSSR count). The van der Waals surface area contributed by atoms with Crippen LogP contribution in [0.1, 0.15) is 47.5 Å². The summed E-state index contributed by atoms with van der Waals surface area (Å²) in [7, 11) is 0. The number of carbonyl (C=O) groups excluding carboxylic acids is 1. The molecular weight excluding hydrogens is 351 g/mol. The van der Waals surface area contributed by atoms with E-state index in [2.05, 4.69) is 10.4 Å². The van der Waals surface area contributed by atoms with Crippen LogP contribution in [0.25, 0.3) is 0 Å². The van der Waals surface area contributed by atoms with E-state index < -0.39 is 11.9 Å². The summed E-state index contributed by atoms with van der Waals surface area (Å²) in [6.45, 7) is -0.161. The fourth-order valence-electron chi connectivity index (χ4n) is 3.58. The van der Waals surface area contributed by atoms with Crippen LogP contribution >= 0.6 is 11.3 Å². The van der Waals surface area contributed by atoms with Gasteiger partial charge < -0.3 is 5.32 Å². The van der Waals surface area contributed by atoms with Crippen molar-refractivity contribution in [2.45, 2.75) is 56.8 Å². The third-order valence-electron chi connectivity index (χ3n) is 4.94. The van der Waals surface area contributed by atoms with Crippen molar-refractivity contribution >= 4 is 17.2 Å². The Bertz CT molecular complexity index is 791. The molecule has 1 saturated carbocycles. The zero-order valence-corrected chi connectivity index (χ0v) is 14.3. The summed E-state index contributed by atoms with van der Waals surface area (Å²) in [6.07, 6.45) is -0.259. The molecular formula is C17H18F3N3OS. The van der Waals surface area contributed by atoms with Crippen LogP contribution in [0, 0.1) is 0 Å². The Morgan fingerprint density at radius 2 is 2.08 bits per heavy atom. The SMILES string of the molecule is O=C(Cn1nc(C(F)(F)F)c2c1CCCC2)NC1(c2cccs2)CC1. The normalized spacial score (nSPS) is 18.7. The van der Waals surface area contributed by atoms with Gasteiger partial charge in [-0.05, 0) is 50.0 Å². The first-order valence-electron chi connectivity index (χ1n) is 8.40. The van der Waals surface area contributed by atoms with Crippen LogP contribution in [0.2, 0.25) is 0 Å². The number of hydrogen-bond acceptors (Lipinski definition) is 3. The molecule has 1 N–H and O–H groups in total. The number of nitrogens with one attached hydrogen (secondary N) is 1. The van der Waals surface area contributed by atoms with Crippen LogP contribution in [-0.2, 0) is 35.9 Å². The van der Waals surface area contributed by atoms with Crippen molar-refractivity contribution in [3.8, 4) is 0 Å². The van der Waals surface area contributed by atoms with Crippen molar-refractivity contribution in [3.05, 3.63) is 39.3 Å². The number of thiophene rings is 1. The molecule has 0 atom stereocenters. The minimum absolute atomic E-state index is 0.161. The molecule has 2 aliphatic carbocycles. The second kappa shape index (κ2) is 5.86. The Morgan fingerprint density at radius 3 is 2.72 bits per heavy atom. The van der Waals surface area contributed by atoms with Gasteiger partial charge in [-0.15, -0.1) is 11.3 Å². The quantitative estimate of drug-likeness (QED) is 0.894. The van der Waals surface area contributed by atoms with Gasteiger partial charge in [-0.3, -0.25) is 9.48 Å². The van der Waals surface area contributed by atoms with Crippen molar-refractivity contribution in [1.82, 2.24) is 15.1 Å². The fourth-order valence-corrected chi connectivity index (χ4v) is 4.52. The molecule has 134 valence electrons. The summed E-state index contributed by atoms with van der Waals surface area (Å²) in [4.78, 5) is 13.6. The predicted octanol–water partition coefficient (Wildman–Crippen LogP) is 3.65. The lowest BCUT2D eigenvalue weighted by atomic mass is 9.95. The van der Waals surface area contributed by atoms with Gasteiger partial charge in [0.25, 0.3) is 0 Å². The summed E-state index contributed by atoms with van der Waals surface area (Å²) in [5, 5.41) is 8.71. The van der Waals surface area contributed by atoms with E-state index >= 15 is 0 Å². The number of aromatic nitrogens is 2. The van der Waals surface area contributed by atoms with Crippen LogP contribution in [0.5, 0.6) is 0 Å². The molecule has 0 radical (unpaired) electrons. The zero-order chi connectivity index (χ0) is 17.7. The first-order valence-corrected chi connectivity index (χ1v) is 9.28. The van der Waals surface area contributed by atoms with Gasteiger partial charge in [-0.2, -0.15) is 18.3 Å². The third kappa shape index (κ3) is 3.07. The van der Waals surface area contributed by atoms with Gasteiger partial charge in [-0.1, -0.05) is 6.07 Å². The summed E-state index contributed by atoms with van der Waals surface area (Å²) in [6, 6.07) is 3.92. The topological polar surface area (TPSA) is 46.9 Å². The van der Waals surface area contributed by atoms with Crippen molar-refractivity contribution < 1.29 is 18.0 Å². The maximum atomic E-state index is 13.2. The number of carbonyl (C=O) groups is 1. The van der Waals surface area contributed by atoms with Crippen LogP contribution < -0.4 is 5.32 Å². The lowest BCUT2D eigenvalue weighted by Gasteiger charge is -2.17. The highest BCUT2D eigenvalue weighted by molar-refractivity contribution is 7.10. The van der Waals surface area contributed by atoms with Crippen LogP contribution in [0.4, 0.5) is 13.2 Å². The number of nitrogens with zero attached hydrogens (tertiary/aromatic N) is 2. The highest BCUT2D eigenvalue weighted by Gasteiger charge is 2.46. The van der Waals surface area contributed by atoms with Crippen molar-refractivity contribution in [2.75, 3.05) is 0 Å². The van der Waals surface area contributed by atoms with E-state index in [-0.39, 0.29) is 23.6 Å². The molecule has 0 spiro atoms. The summed E-state index contributed by atoms with van der Waals surface area (Å²) >= 11 is 1.59. The van der Waals surface area contributed by atoms with Gasteiger partial charge in [0.15, 0.2) is 5.69 Å². The molecule has 4 nitrogen and oxygen atoms in total. The van der Waals surface area contributed by atoms with Gasteiger partial charge in [0, 0.05) is 16.1 Å². The smallest absolute Gasteiger partial charge is 0.344 e. The third-order valence-corrected chi connectivity index (χ3v) is 6.01. The molecule has 0 unspecified atom stereocenters. The van der Waals surface area contributed by atoms with Gasteiger partial charge in [0.05, 0.1) is 5.54 Å². The first-order chi connectivity index (χ1) is 11.9. The Labute approximate surface area is 147 Å². The largest absolute Gasteiger partial charge is 0.435 e. The summed E-state index contributed by atoms with van der Waals surface area (Å²) in [5.74, 6) is -0.282. The monoisotopic (exact) mass is 369 g/mol. The van der Waals surface area contributed by atoms with Crippen LogP contribution in [0.15, 0.2) is 17.5 Å². The lowest BCUT2D eigenvalue weighted by Crippen LogP contribution is -2.37. The predicted molar refractivity (Wildman–Crippen MR) is 87.2 cm³/mol. The van der Waals surface area contributed by atoms with Gasteiger partial charge in [0.2, 0.25) is 5.91 Å². The van der Waals surface area contributed by atoms with E-state index in [1.807, 2.05) is 17.5 Å². The molecule has 2 heterocycles. The summed E-state index contributed by atoms with van der Waals surface area (Å²) in [5.41, 5.74) is -0.319. The van der Waals surface area contributed by atoms with E-state index in [0.717, 1.165) is 30.6 Å². The highest BCUT2D eigenvalue weighted by Crippen LogP contribution is 2.47. The number of halogens is 3. The average Bonchev–Trinajstić information content (AvgIpc) is 3.00. The second-order valence-electron chi connectivity index (χ2n) is 6.74.